The van der Waals surface area contributed by atoms with Crippen LogP contribution >= 0.6 is 0 Å². The summed E-state index contributed by atoms with van der Waals surface area (Å²) in [5, 5.41) is 15.3. The Labute approximate surface area is 112 Å². The second kappa shape index (κ2) is 6.63. The van der Waals surface area contributed by atoms with E-state index in [4.69, 9.17) is 0 Å². The molecule has 0 aliphatic heterocycles. The summed E-state index contributed by atoms with van der Waals surface area (Å²) in [5.74, 6) is -0.753. The third kappa shape index (κ3) is 4.01. The molecule has 19 heavy (non-hydrogen) atoms. The zero-order valence-corrected chi connectivity index (χ0v) is 10.7. The average Bonchev–Trinajstić information content (AvgIpc) is 2.40. The molecule has 0 radical (unpaired) electrons. The lowest BCUT2D eigenvalue weighted by Gasteiger charge is -2.28. The highest BCUT2D eigenvalue weighted by molar-refractivity contribution is 5.92. The van der Waals surface area contributed by atoms with Gasteiger partial charge in [0.25, 0.3) is 0 Å². The molecule has 0 bridgehead atoms. The quantitative estimate of drug-likeness (QED) is 0.776. The summed E-state index contributed by atoms with van der Waals surface area (Å²) >= 11 is 0. The zero-order valence-electron chi connectivity index (χ0n) is 10.7. The second-order valence-corrected chi connectivity index (χ2v) is 4.87. The third-order valence-corrected chi connectivity index (χ3v) is 3.40. The average molecular weight is 266 g/mol. The lowest BCUT2D eigenvalue weighted by Crippen LogP contribution is -2.45. The van der Waals surface area contributed by atoms with E-state index in [0.29, 0.717) is 0 Å². The number of aliphatic hydroxyl groups excluding tert-OH is 1. The van der Waals surface area contributed by atoms with Gasteiger partial charge in [0.1, 0.15) is 5.82 Å². The van der Waals surface area contributed by atoms with E-state index >= 15 is 0 Å². The first-order valence-electron chi connectivity index (χ1n) is 6.62. The van der Waals surface area contributed by atoms with Crippen LogP contribution in [0.15, 0.2) is 24.3 Å². The molecule has 1 aliphatic rings. The maximum atomic E-state index is 13.3. The SMILES string of the molecule is O=C(CNC1CCCCC1O)Nc1ccccc1F. The van der Waals surface area contributed by atoms with Crippen molar-refractivity contribution in [1.29, 1.82) is 0 Å². The fraction of sp³-hybridized carbons (Fsp3) is 0.500. The van der Waals surface area contributed by atoms with Crippen molar-refractivity contribution in [2.75, 3.05) is 11.9 Å². The van der Waals surface area contributed by atoms with Crippen molar-refractivity contribution < 1.29 is 14.3 Å². The first-order valence-corrected chi connectivity index (χ1v) is 6.62. The van der Waals surface area contributed by atoms with Crippen molar-refractivity contribution >= 4 is 11.6 Å². The Kier molecular flexibility index (Phi) is 4.87. The summed E-state index contributed by atoms with van der Waals surface area (Å²) in [6, 6.07) is 6.01. The highest BCUT2D eigenvalue weighted by atomic mass is 19.1. The number of para-hydroxylation sites is 1. The molecule has 0 heterocycles. The molecule has 1 aromatic rings. The standard InChI is InChI=1S/C14H19FN2O2/c15-10-5-1-2-6-11(10)17-14(19)9-16-12-7-3-4-8-13(12)18/h1-2,5-6,12-13,16,18H,3-4,7-9H2,(H,17,19). The Morgan fingerprint density at radius 1 is 1.32 bits per heavy atom. The van der Waals surface area contributed by atoms with Gasteiger partial charge in [-0.15, -0.1) is 0 Å². The second-order valence-electron chi connectivity index (χ2n) is 4.87. The number of carbonyl (C=O) groups is 1. The van der Waals surface area contributed by atoms with E-state index in [2.05, 4.69) is 10.6 Å². The molecule has 1 amide bonds. The van der Waals surface area contributed by atoms with Gasteiger partial charge in [0.05, 0.1) is 18.3 Å². The number of hydrogen-bond acceptors (Lipinski definition) is 3. The summed E-state index contributed by atoms with van der Waals surface area (Å²) in [6.45, 7) is 0.0794. The van der Waals surface area contributed by atoms with E-state index in [1.54, 1.807) is 12.1 Å². The molecule has 0 saturated heterocycles. The summed E-state index contributed by atoms with van der Waals surface area (Å²) < 4.78 is 13.3. The summed E-state index contributed by atoms with van der Waals surface area (Å²) in [5.41, 5.74) is 0.179. The minimum Gasteiger partial charge on any atom is -0.392 e. The number of amides is 1. The third-order valence-electron chi connectivity index (χ3n) is 3.40. The molecular formula is C14H19FN2O2. The molecule has 5 heteroatoms. The fourth-order valence-electron chi connectivity index (χ4n) is 2.33. The molecular weight excluding hydrogens is 247 g/mol. The van der Waals surface area contributed by atoms with Crippen LogP contribution in [0.5, 0.6) is 0 Å². The molecule has 2 unspecified atom stereocenters. The van der Waals surface area contributed by atoms with Crippen molar-refractivity contribution in [2.45, 2.75) is 37.8 Å². The van der Waals surface area contributed by atoms with E-state index in [1.165, 1.54) is 12.1 Å². The number of carbonyl (C=O) groups excluding carboxylic acids is 1. The van der Waals surface area contributed by atoms with Gasteiger partial charge in [0, 0.05) is 6.04 Å². The van der Waals surface area contributed by atoms with Gasteiger partial charge in [-0.05, 0) is 25.0 Å². The monoisotopic (exact) mass is 266 g/mol. The highest BCUT2D eigenvalue weighted by Crippen LogP contribution is 2.18. The van der Waals surface area contributed by atoms with Gasteiger partial charge in [-0.1, -0.05) is 25.0 Å². The van der Waals surface area contributed by atoms with Crippen molar-refractivity contribution in [3.63, 3.8) is 0 Å². The minimum absolute atomic E-state index is 0.0416. The van der Waals surface area contributed by atoms with Crippen LogP contribution in [0.3, 0.4) is 0 Å². The number of anilines is 1. The topological polar surface area (TPSA) is 61.4 Å². The summed E-state index contributed by atoms with van der Waals surface area (Å²) in [6.07, 6.45) is 3.33. The van der Waals surface area contributed by atoms with E-state index < -0.39 is 11.9 Å². The van der Waals surface area contributed by atoms with Gasteiger partial charge in [0.15, 0.2) is 0 Å². The van der Waals surface area contributed by atoms with Crippen molar-refractivity contribution in [1.82, 2.24) is 5.32 Å². The van der Waals surface area contributed by atoms with Gasteiger partial charge < -0.3 is 15.7 Å². The van der Waals surface area contributed by atoms with Crippen LogP contribution in [0.1, 0.15) is 25.7 Å². The highest BCUT2D eigenvalue weighted by Gasteiger charge is 2.22. The molecule has 104 valence electrons. The maximum absolute atomic E-state index is 13.3. The number of nitrogens with one attached hydrogen (secondary N) is 2. The summed E-state index contributed by atoms with van der Waals surface area (Å²) in [4.78, 5) is 11.7. The van der Waals surface area contributed by atoms with Crippen LogP contribution in [-0.4, -0.2) is 29.7 Å². The Balaban J connectivity index is 1.80. The first-order chi connectivity index (χ1) is 9.16. The van der Waals surface area contributed by atoms with Crippen LogP contribution in [0.25, 0.3) is 0 Å². The van der Waals surface area contributed by atoms with Crippen LogP contribution in [0.4, 0.5) is 10.1 Å². The van der Waals surface area contributed by atoms with Crippen LogP contribution in [0, 0.1) is 5.82 Å². The van der Waals surface area contributed by atoms with Crippen molar-refractivity contribution in [3.05, 3.63) is 30.1 Å². The van der Waals surface area contributed by atoms with E-state index in [9.17, 15) is 14.3 Å². The van der Waals surface area contributed by atoms with E-state index in [-0.39, 0.29) is 24.2 Å². The number of hydrogen-bond donors (Lipinski definition) is 3. The lowest BCUT2D eigenvalue weighted by molar-refractivity contribution is -0.115. The fourth-order valence-corrected chi connectivity index (χ4v) is 2.33. The van der Waals surface area contributed by atoms with Gasteiger partial charge >= 0.3 is 0 Å². The van der Waals surface area contributed by atoms with Gasteiger partial charge in [-0.25, -0.2) is 4.39 Å². The molecule has 1 saturated carbocycles. The zero-order chi connectivity index (χ0) is 13.7. The molecule has 1 fully saturated rings. The number of benzene rings is 1. The smallest absolute Gasteiger partial charge is 0.238 e. The number of halogens is 1. The van der Waals surface area contributed by atoms with E-state index in [1.807, 2.05) is 0 Å². The first kappa shape index (κ1) is 14.0. The molecule has 2 atom stereocenters. The Hall–Kier alpha value is -1.46. The molecule has 1 aliphatic carbocycles. The van der Waals surface area contributed by atoms with Gasteiger partial charge in [-0.3, -0.25) is 4.79 Å². The Morgan fingerprint density at radius 3 is 2.79 bits per heavy atom. The number of rotatable bonds is 4. The molecule has 2 rings (SSSR count). The van der Waals surface area contributed by atoms with Crippen LogP contribution in [0.2, 0.25) is 0 Å². The van der Waals surface area contributed by atoms with Crippen molar-refractivity contribution in [2.24, 2.45) is 0 Å². The number of aliphatic hydroxyl groups is 1. The molecule has 0 aromatic heterocycles. The minimum atomic E-state index is -0.450. The largest absolute Gasteiger partial charge is 0.392 e. The predicted octanol–water partition coefficient (Wildman–Crippen LogP) is 1.66. The molecule has 0 spiro atoms. The van der Waals surface area contributed by atoms with Gasteiger partial charge in [-0.2, -0.15) is 0 Å². The predicted molar refractivity (Wildman–Crippen MR) is 71.3 cm³/mol. The normalized spacial score (nSPS) is 23.1. The Bertz CT molecular complexity index is 439. The molecule has 1 aromatic carbocycles. The van der Waals surface area contributed by atoms with E-state index in [0.717, 1.165) is 25.7 Å². The van der Waals surface area contributed by atoms with Crippen LogP contribution in [-0.2, 0) is 4.79 Å². The van der Waals surface area contributed by atoms with Crippen molar-refractivity contribution in [3.8, 4) is 0 Å². The van der Waals surface area contributed by atoms with Gasteiger partial charge in [0.2, 0.25) is 5.91 Å². The lowest BCUT2D eigenvalue weighted by atomic mass is 9.93. The molecule has 4 nitrogen and oxygen atoms in total. The van der Waals surface area contributed by atoms with Crippen LogP contribution < -0.4 is 10.6 Å². The maximum Gasteiger partial charge on any atom is 0.238 e. The molecule has 3 N–H and O–H groups in total. The Morgan fingerprint density at radius 2 is 2.05 bits per heavy atom. The summed E-state index contributed by atoms with van der Waals surface area (Å²) in [7, 11) is 0.